The number of thioether (sulfide) groups is 1. The van der Waals surface area contributed by atoms with Gasteiger partial charge >= 0.3 is 0 Å². The molecule has 0 spiro atoms. The molecule has 2 N–H and O–H groups in total. The van der Waals surface area contributed by atoms with Gasteiger partial charge in [0.25, 0.3) is 0 Å². The number of nitrogens with zero attached hydrogens (tertiary/aromatic N) is 1. The van der Waals surface area contributed by atoms with Gasteiger partial charge < -0.3 is 24.8 Å². The standard InChI is InChI=1S/C19H31N3O3S.HI/c1-5-20-18(22-14-19(26-4)8-10-25-11-9-19)21-13-15-6-7-16(23-2)17(12-15)24-3;/h6-7,12H,5,8-11,13-14H2,1-4H3,(H2,20,21,22);1H. The van der Waals surface area contributed by atoms with Gasteiger partial charge in [-0.05, 0) is 43.7 Å². The second-order valence-corrected chi connectivity index (χ2v) is 7.51. The lowest BCUT2D eigenvalue weighted by Crippen LogP contribution is -2.47. The van der Waals surface area contributed by atoms with Gasteiger partial charge in [-0.1, -0.05) is 6.07 Å². The van der Waals surface area contributed by atoms with E-state index in [2.05, 4.69) is 23.8 Å². The van der Waals surface area contributed by atoms with E-state index in [1.54, 1.807) is 14.2 Å². The van der Waals surface area contributed by atoms with Gasteiger partial charge in [0, 0.05) is 31.1 Å². The van der Waals surface area contributed by atoms with Crippen molar-refractivity contribution in [3.63, 3.8) is 0 Å². The Hall–Kier alpha value is -0.870. The number of benzene rings is 1. The van der Waals surface area contributed by atoms with Crippen molar-refractivity contribution in [3.05, 3.63) is 23.8 Å². The van der Waals surface area contributed by atoms with E-state index in [1.807, 2.05) is 30.0 Å². The van der Waals surface area contributed by atoms with Crippen LogP contribution >= 0.6 is 35.7 Å². The van der Waals surface area contributed by atoms with Crippen molar-refractivity contribution < 1.29 is 14.2 Å². The minimum absolute atomic E-state index is 0. The van der Waals surface area contributed by atoms with Crippen LogP contribution in [0.5, 0.6) is 11.5 Å². The fourth-order valence-corrected chi connectivity index (χ4v) is 3.72. The van der Waals surface area contributed by atoms with Crippen LogP contribution in [0.4, 0.5) is 0 Å². The Balaban J connectivity index is 0.00000364. The largest absolute Gasteiger partial charge is 0.493 e. The van der Waals surface area contributed by atoms with Crippen LogP contribution in [0.15, 0.2) is 23.2 Å². The van der Waals surface area contributed by atoms with Crippen molar-refractivity contribution in [1.82, 2.24) is 10.6 Å². The molecule has 1 heterocycles. The molecular formula is C19H32IN3O3S. The maximum atomic E-state index is 5.52. The minimum Gasteiger partial charge on any atom is -0.493 e. The van der Waals surface area contributed by atoms with Crippen molar-refractivity contribution in [2.45, 2.75) is 31.1 Å². The average molecular weight is 509 g/mol. The first-order valence-electron chi connectivity index (χ1n) is 9.02. The molecule has 0 unspecified atom stereocenters. The summed E-state index contributed by atoms with van der Waals surface area (Å²) in [6, 6.07) is 5.89. The third-order valence-electron chi connectivity index (χ3n) is 4.63. The summed E-state index contributed by atoms with van der Waals surface area (Å²) in [7, 11) is 3.28. The Kier molecular flexibility index (Phi) is 11.2. The van der Waals surface area contributed by atoms with Crippen molar-refractivity contribution in [2.75, 3.05) is 46.8 Å². The maximum absolute atomic E-state index is 5.52. The van der Waals surface area contributed by atoms with Gasteiger partial charge in [0.05, 0.1) is 20.8 Å². The molecule has 2 rings (SSSR count). The van der Waals surface area contributed by atoms with Gasteiger partial charge in [0.2, 0.25) is 0 Å². The van der Waals surface area contributed by atoms with Gasteiger partial charge in [-0.25, -0.2) is 4.99 Å². The summed E-state index contributed by atoms with van der Waals surface area (Å²) in [5.41, 5.74) is 1.07. The lowest BCUT2D eigenvalue weighted by molar-refractivity contribution is 0.0783. The number of aliphatic imine (C=N–C) groups is 1. The molecule has 27 heavy (non-hydrogen) atoms. The molecule has 1 aromatic rings. The lowest BCUT2D eigenvalue weighted by Gasteiger charge is -2.36. The van der Waals surface area contributed by atoms with Crippen LogP contribution in [0.1, 0.15) is 25.3 Å². The van der Waals surface area contributed by atoms with Gasteiger partial charge in [0.15, 0.2) is 17.5 Å². The average Bonchev–Trinajstić information content (AvgIpc) is 2.70. The Labute approximate surface area is 184 Å². The number of guanidine groups is 1. The van der Waals surface area contributed by atoms with Gasteiger partial charge in [-0.3, -0.25) is 0 Å². The number of halogens is 1. The molecule has 0 amide bonds. The molecule has 0 atom stereocenters. The van der Waals surface area contributed by atoms with E-state index in [0.717, 1.165) is 62.2 Å². The quantitative estimate of drug-likeness (QED) is 0.319. The van der Waals surface area contributed by atoms with Crippen molar-refractivity contribution in [1.29, 1.82) is 0 Å². The topological polar surface area (TPSA) is 64.1 Å². The molecule has 0 bridgehead atoms. The van der Waals surface area contributed by atoms with Gasteiger partial charge in [-0.15, -0.1) is 24.0 Å². The highest BCUT2D eigenvalue weighted by atomic mass is 127. The molecule has 6 nitrogen and oxygen atoms in total. The number of methoxy groups -OCH3 is 2. The second kappa shape index (κ2) is 12.6. The number of hydrogen-bond donors (Lipinski definition) is 2. The Morgan fingerprint density at radius 2 is 1.89 bits per heavy atom. The summed E-state index contributed by atoms with van der Waals surface area (Å²) in [4.78, 5) is 4.72. The van der Waals surface area contributed by atoms with E-state index < -0.39 is 0 Å². The van der Waals surface area contributed by atoms with Crippen molar-refractivity contribution in [3.8, 4) is 11.5 Å². The lowest BCUT2D eigenvalue weighted by atomic mass is 9.99. The number of hydrogen-bond acceptors (Lipinski definition) is 5. The first-order chi connectivity index (χ1) is 12.7. The zero-order valence-corrected chi connectivity index (χ0v) is 19.8. The summed E-state index contributed by atoms with van der Waals surface area (Å²) in [6.45, 7) is 6.03. The Morgan fingerprint density at radius 3 is 2.48 bits per heavy atom. The van der Waals surface area contributed by atoms with Crippen LogP contribution in [-0.4, -0.2) is 57.5 Å². The van der Waals surface area contributed by atoms with E-state index in [-0.39, 0.29) is 28.7 Å². The highest BCUT2D eigenvalue weighted by molar-refractivity contribution is 14.0. The predicted octanol–water partition coefficient (Wildman–Crippen LogP) is 3.29. The fourth-order valence-electron chi connectivity index (χ4n) is 2.93. The molecule has 1 saturated heterocycles. The third kappa shape index (κ3) is 7.23. The van der Waals surface area contributed by atoms with E-state index in [0.29, 0.717) is 6.54 Å². The number of ether oxygens (including phenoxy) is 3. The predicted molar refractivity (Wildman–Crippen MR) is 124 cm³/mol. The first kappa shape index (κ1) is 24.2. The number of rotatable bonds is 8. The molecule has 0 radical (unpaired) electrons. The minimum atomic E-state index is 0. The zero-order valence-electron chi connectivity index (χ0n) is 16.7. The molecule has 1 aliphatic rings. The summed E-state index contributed by atoms with van der Waals surface area (Å²) >= 11 is 1.92. The summed E-state index contributed by atoms with van der Waals surface area (Å²) in [5.74, 6) is 2.29. The van der Waals surface area contributed by atoms with Gasteiger partial charge in [0.1, 0.15) is 0 Å². The van der Waals surface area contributed by atoms with Crippen LogP contribution in [0.3, 0.4) is 0 Å². The maximum Gasteiger partial charge on any atom is 0.191 e. The smallest absolute Gasteiger partial charge is 0.191 e. The fraction of sp³-hybridized carbons (Fsp3) is 0.632. The Morgan fingerprint density at radius 1 is 1.19 bits per heavy atom. The zero-order chi connectivity index (χ0) is 18.8. The molecule has 1 aliphatic heterocycles. The van der Waals surface area contributed by atoms with E-state index in [1.165, 1.54) is 0 Å². The SMILES string of the molecule is CCNC(=NCc1ccc(OC)c(OC)c1)NCC1(SC)CCOCC1.I. The highest BCUT2D eigenvalue weighted by Gasteiger charge is 2.31. The Bertz CT molecular complexity index is 596. The normalized spacial score (nSPS) is 16.2. The van der Waals surface area contributed by atoms with E-state index in [9.17, 15) is 0 Å². The molecule has 1 fully saturated rings. The molecule has 8 heteroatoms. The van der Waals surface area contributed by atoms with Crippen LogP contribution in [0.25, 0.3) is 0 Å². The molecule has 0 aliphatic carbocycles. The third-order valence-corrected chi connectivity index (χ3v) is 6.05. The monoisotopic (exact) mass is 509 g/mol. The van der Waals surface area contributed by atoms with Gasteiger partial charge in [-0.2, -0.15) is 11.8 Å². The summed E-state index contributed by atoms with van der Waals surface area (Å²) in [5, 5.41) is 6.84. The molecular weight excluding hydrogens is 477 g/mol. The van der Waals surface area contributed by atoms with Crippen LogP contribution < -0.4 is 20.1 Å². The van der Waals surface area contributed by atoms with Crippen molar-refractivity contribution >= 4 is 41.7 Å². The molecule has 154 valence electrons. The van der Waals surface area contributed by atoms with Crippen LogP contribution in [0, 0.1) is 0 Å². The van der Waals surface area contributed by atoms with E-state index in [4.69, 9.17) is 19.2 Å². The summed E-state index contributed by atoms with van der Waals surface area (Å²) in [6.07, 6.45) is 4.31. The molecule has 0 aromatic heterocycles. The highest BCUT2D eigenvalue weighted by Crippen LogP contribution is 2.33. The molecule has 1 aromatic carbocycles. The summed E-state index contributed by atoms with van der Waals surface area (Å²) < 4.78 is 16.4. The first-order valence-corrected chi connectivity index (χ1v) is 10.2. The molecule has 0 saturated carbocycles. The van der Waals surface area contributed by atoms with Crippen molar-refractivity contribution in [2.24, 2.45) is 4.99 Å². The van der Waals surface area contributed by atoms with Crippen LogP contribution in [-0.2, 0) is 11.3 Å². The van der Waals surface area contributed by atoms with E-state index >= 15 is 0 Å². The second-order valence-electron chi connectivity index (χ2n) is 6.24. The van der Waals surface area contributed by atoms with Crippen LogP contribution in [0.2, 0.25) is 0 Å². The number of nitrogens with one attached hydrogen (secondary N) is 2.